The van der Waals surface area contributed by atoms with Gasteiger partial charge in [0.25, 0.3) is 0 Å². The van der Waals surface area contributed by atoms with E-state index in [0.29, 0.717) is 5.92 Å². The van der Waals surface area contributed by atoms with Crippen molar-refractivity contribution >= 4 is 30.9 Å². The molecule has 1 nitrogen and oxygen atoms in total. The molecule has 20 heavy (non-hydrogen) atoms. The number of hydrogen-bond acceptors (Lipinski definition) is 1. The highest BCUT2D eigenvalue weighted by atomic mass is 127. The minimum atomic E-state index is -2.12. The predicted molar refractivity (Wildman–Crippen MR) is 99.8 cm³/mol. The van der Waals surface area contributed by atoms with Crippen LogP contribution in [0.3, 0.4) is 0 Å². The third-order valence-electron chi connectivity index (χ3n) is 4.42. The molecule has 0 unspecified atom stereocenters. The summed E-state index contributed by atoms with van der Waals surface area (Å²) in [6.07, 6.45) is 5.62. The number of allylic oxidation sites excluding steroid dienone is 1. The summed E-state index contributed by atoms with van der Waals surface area (Å²) in [5.41, 5.74) is 1.40. The van der Waals surface area contributed by atoms with Gasteiger partial charge in [-0.1, -0.05) is 72.8 Å². The monoisotopic (exact) mass is 402 g/mol. The van der Waals surface area contributed by atoms with E-state index in [2.05, 4.69) is 90.0 Å². The van der Waals surface area contributed by atoms with Crippen LogP contribution in [-0.4, -0.2) is 13.1 Å². The van der Waals surface area contributed by atoms with Gasteiger partial charge in [-0.05, 0) is 53.0 Å². The number of hydrogen-bond donors (Lipinski definition) is 1. The zero-order valence-corrected chi connectivity index (χ0v) is 16.2. The molecule has 0 saturated heterocycles. The first-order valence-corrected chi connectivity index (χ1v) is 11.5. The number of halogens is 1. The van der Waals surface area contributed by atoms with Gasteiger partial charge in [-0.15, -0.1) is 0 Å². The Hall–Kier alpha value is -0.133. The second-order valence-corrected chi connectivity index (χ2v) is 11.9. The fourth-order valence-corrected chi connectivity index (χ4v) is 3.62. The normalized spacial score (nSPS) is 14.7. The molecule has 1 aromatic rings. The quantitative estimate of drug-likeness (QED) is 0.468. The Bertz CT molecular complexity index is 420. The van der Waals surface area contributed by atoms with Gasteiger partial charge in [0.05, 0.1) is 0 Å². The van der Waals surface area contributed by atoms with E-state index < -0.39 is 8.32 Å². The van der Waals surface area contributed by atoms with Gasteiger partial charge in [0.1, 0.15) is 0 Å². The lowest BCUT2D eigenvalue weighted by molar-refractivity contribution is 0.399. The molecule has 0 fully saturated rings. The first kappa shape index (κ1) is 17.9. The summed E-state index contributed by atoms with van der Waals surface area (Å²) in [7, 11) is -2.12. The van der Waals surface area contributed by atoms with Crippen molar-refractivity contribution in [1.82, 2.24) is 0 Å². The zero-order valence-electron chi connectivity index (χ0n) is 13.1. The second kappa shape index (κ2) is 7.76. The number of benzene rings is 1. The SMILES string of the molecule is CC(C)(C[C@H](/C=C/I)CCc1ccccc1)[Si](C)(C)O. The first-order valence-electron chi connectivity index (χ1n) is 7.29. The van der Waals surface area contributed by atoms with E-state index in [4.69, 9.17) is 0 Å². The molecule has 0 spiro atoms. The van der Waals surface area contributed by atoms with Crippen molar-refractivity contribution in [2.45, 2.75) is 51.2 Å². The lowest BCUT2D eigenvalue weighted by Crippen LogP contribution is -2.40. The van der Waals surface area contributed by atoms with Gasteiger partial charge < -0.3 is 4.80 Å². The summed E-state index contributed by atoms with van der Waals surface area (Å²) in [5, 5.41) is 0.0461. The summed E-state index contributed by atoms with van der Waals surface area (Å²) >= 11 is 2.30. The van der Waals surface area contributed by atoms with Crippen LogP contribution in [0.4, 0.5) is 0 Å². The number of rotatable bonds is 7. The van der Waals surface area contributed by atoms with Gasteiger partial charge in [0, 0.05) is 0 Å². The molecule has 0 aliphatic heterocycles. The Balaban J connectivity index is 2.66. The molecular formula is C17H27IOSi. The highest BCUT2D eigenvalue weighted by molar-refractivity contribution is 14.1. The fraction of sp³-hybridized carbons (Fsp3) is 0.529. The Morgan fingerprint density at radius 3 is 2.35 bits per heavy atom. The lowest BCUT2D eigenvalue weighted by Gasteiger charge is -2.37. The van der Waals surface area contributed by atoms with Crippen molar-refractivity contribution in [2.75, 3.05) is 0 Å². The van der Waals surface area contributed by atoms with Crippen molar-refractivity contribution in [3.63, 3.8) is 0 Å². The summed E-state index contributed by atoms with van der Waals surface area (Å²) in [4.78, 5) is 10.5. The molecule has 1 rings (SSSR count). The maximum atomic E-state index is 10.5. The van der Waals surface area contributed by atoms with Crippen molar-refractivity contribution in [1.29, 1.82) is 0 Å². The van der Waals surface area contributed by atoms with Crippen molar-refractivity contribution in [3.8, 4) is 0 Å². The summed E-state index contributed by atoms with van der Waals surface area (Å²) in [6, 6.07) is 10.7. The smallest absolute Gasteiger partial charge is 0.188 e. The first-order chi connectivity index (χ1) is 9.26. The van der Waals surface area contributed by atoms with Gasteiger partial charge in [0.15, 0.2) is 8.32 Å². The van der Waals surface area contributed by atoms with Gasteiger partial charge in [0.2, 0.25) is 0 Å². The summed E-state index contributed by atoms with van der Waals surface area (Å²) < 4.78 is 2.12. The minimum Gasteiger partial charge on any atom is -0.432 e. The van der Waals surface area contributed by atoms with Crippen LogP contribution in [0.2, 0.25) is 18.1 Å². The van der Waals surface area contributed by atoms with Gasteiger partial charge in [-0.3, -0.25) is 0 Å². The second-order valence-electron chi connectivity index (χ2n) is 6.75. The van der Waals surface area contributed by atoms with Crippen LogP contribution in [0.1, 0.15) is 32.3 Å². The molecular weight excluding hydrogens is 375 g/mol. The topological polar surface area (TPSA) is 20.2 Å². The maximum Gasteiger partial charge on any atom is 0.188 e. The van der Waals surface area contributed by atoms with E-state index >= 15 is 0 Å². The highest BCUT2D eigenvalue weighted by Gasteiger charge is 2.38. The standard InChI is InChI=1S/C17H27IOSi/c1-17(2,20(3,4)19)14-16(12-13-18)11-10-15-8-6-5-7-9-15/h5-9,12-13,16,19H,10-11,14H2,1-4H3/b13-12+/t16-/m0/s1. The Labute approximate surface area is 138 Å². The van der Waals surface area contributed by atoms with Crippen molar-refractivity contribution in [3.05, 3.63) is 46.1 Å². The van der Waals surface area contributed by atoms with E-state index in [0.717, 1.165) is 19.3 Å². The molecule has 0 aromatic heterocycles. The molecule has 3 heteroatoms. The van der Waals surface area contributed by atoms with E-state index in [-0.39, 0.29) is 5.04 Å². The molecule has 1 atom stereocenters. The van der Waals surface area contributed by atoms with E-state index in [1.807, 2.05) is 0 Å². The van der Waals surface area contributed by atoms with Crippen LogP contribution in [0.25, 0.3) is 0 Å². The largest absolute Gasteiger partial charge is 0.432 e. The highest BCUT2D eigenvalue weighted by Crippen LogP contribution is 2.42. The molecule has 112 valence electrons. The molecule has 0 radical (unpaired) electrons. The van der Waals surface area contributed by atoms with E-state index in [1.54, 1.807) is 0 Å². The Morgan fingerprint density at radius 1 is 1.25 bits per heavy atom. The number of aryl methyl sites for hydroxylation is 1. The van der Waals surface area contributed by atoms with Crippen LogP contribution in [0.5, 0.6) is 0 Å². The third-order valence-corrected chi connectivity index (χ3v) is 8.35. The molecule has 1 N–H and O–H groups in total. The average molecular weight is 402 g/mol. The molecule has 0 bridgehead atoms. The van der Waals surface area contributed by atoms with Crippen LogP contribution < -0.4 is 0 Å². The van der Waals surface area contributed by atoms with Crippen LogP contribution in [0.15, 0.2) is 40.5 Å². The molecule has 0 heterocycles. The fourth-order valence-electron chi connectivity index (χ4n) is 2.27. The lowest BCUT2D eigenvalue weighted by atomic mass is 9.91. The maximum absolute atomic E-state index is 10.5. The molecule has 0 saturated carbocycles. The molecule has 0 aliphatic carbocycles. The molecule has 1 aromatic carbocycles. The van der Waals surface area contributed by atoms with E-state index in [1.165, 1.54) is 5.56 Å². The third kappa shape index (κ3) is 5.70. The van der Waals surface area contributed by atoms with Crippen LogP contribution >= 0.6 is 22.6 Å². The average Bonchev–Trinajstić information content (AvgIpc) is 2.36. The Morgan fingerprint density at radius 2 is 1.85 bits per heavy atom. The van der Waals surface area contributed by atoms with Crippen LogP contribution in [-0.2, 0) is 6.42 Å². The van der Waals surface area contributed by atoms with Crippen molar-refractivity contribution in [2.24, 2.45) is 5.92 Å². The van der Waals surface area contributed by atoms with Gasteiger partial charge in [-0.25, -0.2) is 0 Å². The Kier molecular flexibility index (Phi) is 6.95. The summed E-state index contributed by atoms with van der Waals surface area (Å²) in [6.45, 7) is 8.54. The van der Waals surface area contributed by atoms with Crippen LogP contribution in [0, 0.1) is 5.92 Å². The molecule has 0 amide bonds. The summed E-state index contributed by atoms with van der Waals surface area (Å²) in [5.74, 6) is 0.543. The van der Waals surface area contributed by atoms with Gasteiger partial charge in [-0.2, -0.15) is 0 Å². The molecule has 0 aliphatic rings. The van der Waals surface area contributed by atoms with Crippen molar-refractivity contribution < 1.29 is 4.80 Å². The van der Waals surface area contributed by atoms with Gasteiger partial charge >= 0.3 is 0 Å². The predicted octanol–water partition coefficient (Wildman–Crippen LogP) is 5.55. The van der Waals surface area contributed by atoms with E-state index in [9.17, 15) is 4.80 Å². The zero-order chi connectivity index (χ0) is 15.2. The minimum absolute atomic E-state index is 0.0461.